The lowest BCUT2D eigenvalue weighted by Crippen LogP contribution is -2.49. The highest BCUT2D eigenvalue weighted by molar-refractivity contribution is 9.10. The van der Waals surface area contributed by atoms with Crippen molar-refractivity contribution in [2.45, 2.75) is 5.37 Å². The molecule has 1 aromatic carbocycles. The van der Waals surface area contributed by atoms with Gasteiger partial charge in [0.2, 0.25) is 0 Å². The third-order valence-corrected chi connectivity index (χ3v) is 6.46. The van der Waals surface area contributed by atoms with E-state index in [1.807, 2.05) is 0 Å². The van der Waals surface area contributed by atoms with Crippen LogP contribution in [0.2, 0.25) is 5.02 Å². The number of benzene rings is 1. The molecule has 110 valence electrons. The summed E-state index contributed by atoms with van der Waals surface area (Å²) in [5, 5.41) is -0.465. The molecule has 1 heterocycles. The van der Waals surface area contributed by atoms with Gasteiger partial charge >= 0.3 is 0 Å². The summed E-state index contributed by atoms with van der Waals surface area (Å²) in [5.74, 6) is 0.784. The minimum absolute atomic E-state index is 0.321. The Labute approximate surface area is 135 Å². The van der Waals surface area contributed by atoms with Gasteiger partial charge in [-0.15, -0.1) is 0 Å². The van der Waals surface area contributed by atoms with Crippen LogP contribution in [0.25, 0.3) is 0 Å². The van der Waals surface area contributed by atoms with Crippen molar-refractivity contribution in [3.8, 4) is 0 Å². The molecule has 0 radical (unpaired) electrons. The molecule has 0 N–H and O–H groups in total. The van der Waals surface area contributed by atoms with Crippen LogP contribution in [0.1, 0.15) is 10.4 Å². The van der Waals surface area contributed by atoms with Crippen LogP contribution in [-0.2, 0) is 9.84 Å². The second kappa shape index (κ2) is 6.25. The molecule has 0 saturated carbocycles. The Balaban J connectivity index is 2.37. The molecule has 0 spiro atoms. The molecule has 0 aromatic heterocycles. The van der Waals surface area contributed by atoms with E-state index in [1.54, 1.807) is 18.2 Å². The molecular weight excluding hydrogens is 386 g/mol. The van der Waals surface area contributed by atoms with Crippen molar-refractivity contribution in [3.05, 3.63) is 33.3 Å². The van der Waals surface area contributed by atoms with E-state index in [0.29, 0.717) is 22.9 Å². The minimum Gasteiger partial charge on any atom is -0.320 e. The average Bonchev–Trinajstić information content (AvgIpc) is 2.40. The smallest absolute Gasteiger partial charge is 0.256 e. The lowest BCUT2D eigenvalue weighted by Gasteiger charge is -2.34. The highest BCUT2D eigenvalue weighted by Crippen LogP contribution is 2.27. The van der Waals surface area contributed by atoms with Gasteiger partial charge in [0.15, 0.2) is 9.84 Å². The van der Waals surface area contributed by atoms with Crippen LogP contribution < -0.4 is 0 Å². The molecule has 1 amide bonds. The van der Waals surface area contributed by atoms with Crippen LogP contribution in [-0.4, -0.2) is 48.9 Å². The highest BCUT2D eigenvalue weighted by Gasteiger charge is 2.35. The van der Waals surface area contributed by atoms with Gasteiger partial charge in [-0.2, -0.15) is 11.8 Å². The summed E-state index contributed by atoms with van der Waals surface area (Å²) in [6.45, 7) is 0.407. The lowest BCUT2D eigenvalue weighted by molar-refractivity contribution is 0.0750. The lowest BCUT2D eigenvalue weighted by atomic mass is 10.2. The maximum atomic E-state index is 12.6. The average molecular weight is 399 g/mol. The molecule has 4 nitrogen and oxygen atoms in total. The van der Waals surface area contributed by atoms with Gasteiger partial charge in [-0.3, -0.25) is 4.79 Å². The maximum absolute atomic E-state index is 12.6. The quantitative estimate of drug-likeness (QED) is 0.768. The topological polar surface area (TPSA) is 54.5 Å². The standard InChI is InChI=1S/C12H13BrClNO3S2/c1-20(17,18)11-7-19-5-4-15(11)12(16)9-6-8(13)2-3-10(9)14/h2-3,6,11H,4-5,7H2,1H3. The monoisotopic (exact) mass is 397 g/mol. The van der Waals surface area contributed by atoms with E-state index >= 15 is 0 Å². The van der Waals surface area contributed by atoms with Gasteiger partial charge in [-0.05, 0) is 18.2 Å². The summed E-state index contributed by atoms with van der Waals surface area (Å²) in [4.78, 5) is 14.0. The number of hydrogen-bond donors (Lipinski definition) is 0. The number of carbonyl (C=O) groups is 1. The van der Waals surface area contributed by atoms with Gasteiger partial charge in [0.05, 0.1) is 10.6 Å². The van der Waals surface area contributed by atoms with E-state index < -0.39 is 15.2 Å². The second-order valence-electron chi connectivity index (χ2n) is 4.48. The van der Waals surface area contributed by atoms with E-state index in [4.69, 9.17) is 11.6 Å². The first-order chi connectivity index (χ1) is 9.30. The number of sulfone groups is 1. The van der Waals surface area contributed by atoms with Crippen molar-refractivity contribution in [1.29, 1.82) is 0 Å². The fourth-order valence-corrected chi connectivity index (χ4v) is 5.36. The van der Waals surface area contributed by atoms with E-state index in [-0.39, 0.29) is 5.91 Å². The Morgan fingerprint density at radius 2 is 2.20 bits per heavy atom. The predicted octanol–water partition coefficient (Wildman–Crippen LogP) is 2.66. The first-order valence-corrected chi connectivity index (χ1v) is 10.1. The Kier molecular flexibility index (Phi) is 5.05. The predicted molar refractivity (Wildman–Crippen MR) is 86.1 cm³/mol. The molecule has 0 aliphatic carbocycles. The Hall–Kier alpha value is -0.240. The van der Waals surface area contributed by atoms with Crippen molar-refractivity contribution in [3.63, 3.8) is 0 Å². The van der Waals surface area contributed by atoms with Crippen LogP contribution in [0.3, 0.4) is 0 Å². The number of hydrogen-bond acceptors (Lipinski definition) is 4. The molecule has 1 aromatic rings. The van der Waals surface area contributed by atoms with Crippen LogP contribution >= 0.6 is 39.3 Å². The normalized spacial score (nSPS) is 19.9. The van der Waals surface area contributed by atoms with Crippen LogP contribution in [0.5, 0.6) is 0 Å². The number of carbonyl (C=O) groups excluding carboxylic acids is 1. The van der Waals surface area contributed by atoms with Crippen molar-refractivity contribution >= 4 is 55.0 Å². The van der Waals surface area contributed by atoms with Crippen molar-refractivity contribution in [2.75, 3.05) is 24.3 Å². The molecule has 1 atom stereocenters. The van der Waals surface area contributed by atoms with Crippen molar-refractivity contribution in [1.82, 2.24) is 4.90 Å². The van der Waals surface area contributed by atoms with Gasteiger partial charge in [-0.1, -0.05) is 27.5 Å². The largest absolute Gasteiger partial charge is 0.320 e. The van der Waals surface area contributed by atoms with Gasteiger partial charge in [0.25, 0.3) is 5.91 Å². The van der Waals surface area contributed by atoms with Crippen LogP contribution in [0.4, 0.5) is 0 Å². The van der Waals surface area contributed by atoms with E-state index in [9.17, 15) is 13.2 Å². The highest BCUT2D eigenvalue weighted by atomic mass is 79.9. The molecule has 1 saturated heterocycles. The SMILES string of the molecule is CS(=O)(=O)C1CSCCN1C(=O)c1cc(Br)ccc1Cl. The molecule has 1 unspecified atom stereocenters. The van der Waals surface area contributed by atoms with Crippen LogP contribution in [0.15, 0.2) is 22.7 Å². The fraction of sp³-hybridized carbons (Fsp3) is 0.417. The second-order valence-corrected chi connectivity index (χ2v) is 9.16. The number of rotatable bonds is 2. The summed E-state index contributed by atoms with van der Waals surface area (Å²) in [7, 11) is -3.32. The Morgan fingerprint density at radius 3 is 2.85 bits per heavy atom. The third kappa shape index (κ3) is 3.50. The van der Waals surface area contributed by atoms with Gasteiger partial charge in [0.1, 0.15) is 5.37 Å². The summed E-state index contributed by atoms with van der Waals surface area (Å²) in [6.07, 6.45) is 1.16. The molecule has 0 bridgehead atoms. The van der Waals surface area contributed by atoms with Gasteiger partial charge in [-0.25, -0.2) is 8.42 Å². The summed E-state index contributed by atoms with van der Waals surface area (Å²) in [6, 6.07) is 4.97. The maximum Gasteiger partial charge on any atom is 0.256 e. The van der Waals surface area contributed by atoms with Crippen molar-refractivity contribution in [2.24, 2.45) is 0 Å². The van der Waals surface area contributed by atoms with Crippen molar-refractivity contribution < 1.29 is 13.2 Å². The van der Waals surface area contributed by atoms with E-state index in [1.165, 1.54) is 16.7 Å². The minimum atomic E-state index is -3.32. The number of amides is 1. The summed E-state index contributed by atoms with van der Waals surface area (Å²) < 4.78 is 24.4. The zero-order valence-corrected chi connectivity index (χ0v) is 14.7. The molecule has 20 heavy (non-hydrogen) atoms. The van der Waals surface area contributed by atoms with E-state index in [2.05, 4.69) is 15.9 Å². The van der Waals surface area contributed by atoms with Gasteiger partial charge in [0, 0.05) is 28.8 Å². The zero-order valence-electron chi connectivity index (χ0n) is 10.7. The molecule has 2 rings (SSSR count). The molecule has 1 aliphatic heterocycles. The Morgan fingerprint density at radius 1 is 1.50 bits per heavy atom. The first-order valence-electron chi connectivity index (χ1n) is 5.83. The van der Waals surface area contributed by atoms with E-state index in [0.717, 1.165) is 16.5 Å². The van der Waals surface area contributed by atoms with Crippen LogP contribution in [0, 0.1) is 0 Å². The Bertz CT molecular complexity index is 636. The number of thioether (sulfide) groups is 1. The van der Waals surface area contributed by atoms with Gasteiger partial charge < -0.3 is 4.90 Å². The third-order valence-electron chi connectivity index (χ3n) is 3.00. The number of nitrogens with zero attached hydrogens (tertiary/aromatic N) is 1. The summed E-state index contributed by atoms with van der Waals surface area (Å²) >= 11 is 10.9. The first kappa shape index (κ1) is 16.1. The summed E-state index contributed by atoms with van der Waals surface area (Å²) in [5.41, 5.74) is 0.321. The molecule has 8 heteroatoms. The molecular formula is C12H13BrClNO3S2. The number of halogens is 2. The fourth-order valence-electron chi connectivity index (χ4n) is 1.98. The zero-order chi connectivity index (χ0) is 14.9. The molecule has 1 fully saturated rings. The molecule has 1 aliphatic rings.